The van der Waals surface area contributed by atoms with Crippen LogP contribution in [0.4, 0.5) is 5.69 Å². The molecule has 7 nitrogen and oxygen atoms in total. The Labute approximate surface area is 169 Å². The molecule has 3 rings (SSSR count). The predicted octanol–water partition coefficient (Wildman–Crippen LogP) is 3.55. The van der Waals surface area contributed by atoms with Crippen LogP contribution in [0.15, 0.2) is 54.7 Å². The Morgan fingerprint density at radius 3 is 2.69 bits per heavy atom. The van der Waals surface area contributed by atoms with E-state index in [4.69, 9.17) is 9.47 Å². The molecule has 1 aromatic heterocycles. The quantitative estimate of drug-likeness (QED) is 0.621. The molecule has 3 aromatic rings. The molecule has 7 heteroatoms. The number of nitrogens with zero attached hydrogens (tertiary/aromatic N) is 2. The maximum atomic E-state index is 12.5. The molecule has 0 aliphatic heterocycles. The van der Waals surface area contributed by atoms with Crippen LogP contribution < -0.4 is 10.1 Å². The van der Waals surface area contributed by atoms with Gasteiger partial charge in [0.05, 0.1) is 37.7 Å². The molecule has 0 spiro atoms. The van der Waals surface area contributed by atoms with E-state index in [1.807, 2.05) is 36.4 Å². The van der Waals surface area contributed by atoms with Crippen molar-refractivity contribution in [2.75, 3.05) is 19.0 Å². The van der Waals surface area contributed by atoms with Gasteiger partial charge in [-0.2, -0.15) is 5.10 Å². The average molecular weight is 393 g/mol. The Balaban J connectivity index is 1.76. The number of carbonyl (C=O) groups excluding carboxylic acids is 2. The first-order chi connectivity index (χ1) is 14.0. The lowest BCUT2D eigenvalue weighted by Crippen LogP contribution is -2.15. The van der Waals surface area contributed by atoms with Crippen LogP contribution in [0.2, 0.25) is 0 Å². The van der Waals surface area contributed by atoms with Gasteiger partial charge >= 0.3 is 5.97 Å². The van der Waals surface area contributed by atoms with Gasteiger partial charge in [0.2, 0.25) is 5.91 Å². The molecule has 0 unspecified atom stereocenters. The van der Waals surface area contributed by atoms with Gasteiger partial charge in [-0.3, -0.25) is 4.79 Å². The lowest BCUT2D eigenvalue weighted by Gasteiger charge is -2.11. The van der Waals surface area contributed by atoms with Crippen molar-refractivity contribution >= 4 is 17.6 Å². The normalized spacial score (nSPS) is 10.4. The number of hydrogen-bond acceptors (Lipinski definition) is 5. The number of ether oxygens (including phenoxy) is 2. The van der Waals surface area contributed by atoms with Crippen LogP contribution in [0.3, 0.4) is 0 Å². The number of hydrogen-bond donors (Lipinski definition) is 1. The number of rotatable bonds is 7. The molecular formula is C22H23N3O4. The summed E-state index contributed by atoms with van der Waals surface area (Å²) >= 11 is 0. The number of methoxy groups -OCH3 is 1. The molecule has 0 bridgehead atoms. The summed E-state index contributed by atoms with van der Waals surface area (Å²) in [5.41, 5.74) is 3.26. The van der Waals surface area contributed by atoms with Crippen LogP contribution in [0, 0.1) is 6.92 Å². The highest BCUT2D eigenvalue weighted by Crippen LogP contribution is 2.21. The molecule has 0 radical (unpaired) electrons. The average Bonchev–Trinajstić information content (AvgIpc) is 3.10. The fourth-order valence-electron chi connectivity index (χ4n) is 3.02. The fraction of sp³-hybridized carbons (Fsp3) is 0.227. The van der Waals surface area contributed by atoms with Crippen molar-refractivity contribution in [2.45, 2.75) is 20.3 Å². The zero-order valence-electron chi connectivity index (χ0n) is 16.6. The first-order valence-electron chi connectivity index (χ1n) is 9.27. The van der Waals surface area contributed by atoms with Gasteiger partial charge in [0.15, 0.2) is 0 Å². The van der Waals surface area contributed by atoms with Crippen molar-refractivity contribution in [3.8, 4) is 11.4 Å². The van der Waals surface area contributed by atoms with Crippen molar-refractivity contribution in [1.29, 1.82) is 0 Å². The van der Waals surface area contributed by atoms with E-state index in [1.54, 1.807) is 37.8 Å². The van der Waals surface area contributed by atoms with Crippen molar-refractivity contribution in [1.82, 2.24) is 9.78 Å². The maximum absolute atomic E-state index is 12.5. The van der Waals surface area contributed by atoms with Gasteiger partial charge in [0.25, 0.3) is 0 Å². The van der Waals surface area contributed by atoms with Gasteiger partial charge in [0, 0.05) is 11.3 Å². The minimum atomic E-state index is -0.405. The molecule has 0 aliphatic rings. The SMILES string of the molecule is CCOC(=O)c1cnn(-c2cccc(NC(=O)Cc3ccccc3OC)c2)c1C. The van der Waals surface area contributed by atoms with Crippen LogP contribution in [-0.4, -0.2) is 35.4 Å². The summed E-state index contributed by atoms with van der Waals surface area (Å²) in [7, 11) is 1.58. The van der Waals surface area contributed by atoms with Gasteiger partial charge in [-0.05, 0) is 38.1 Å². The fourth-order valence-corrected chi connectivity index (χ4v) is 3.02. The van der Waals surface area contributed by atoms with E-state index < -0.39 is 5.97 Å². The van der Waals surface area contributed by atoms with Crippen LogP contribution in [0.1, 0.15) is 28.5 Å². The van der Waals surface area contributed by atoms with Crippen molar-refractivity contribution < 1.29 is 19.1 Å². The molecule has 2 aromatic carbocycles. The minimum Gasteiger partial charge on any atom is -0.496 e. The smallest absolute Gasteiger partial charge is 0.341 e. The topological polar surface area (TPSA) is 82.5 Å². The van der Waals surface area contributed by atoms with E-state index >= 15 is 0 Å². The first kappa shape index (κ1) is 20.1. The number of carbonyl (C=O) groups is 2. The van der Waals surface area contributed by atoms with Gasteiger partial charge in [0.1, 0.15) is 11.3 Å². The number of anilines is 1. The lowest BCUT2D eigenvalue weighted by atomic mass is 10.1. The number of amides is 1. The highest BCUT2D eigenvalue weighted by Gasteiger charge is 2.16. The summed E-state index contributed by atoms with van der Waals surface area (Å²) in [6.07, 6.45) is 1.68. The third-order valence-electron chi connectivity index (χ3n) is 4.42. The summed E-state index contributed by atoms with van der Waals surface area (Å²) in [5.74, 6) is 0.114. The number of esters is 1. The molecule has 0 saturated heterocycles. The first-order valence-corrected chi connectivity index (χ1v) is 9.27. The number of aromatic nitrogens is 2. The van der Waals surface area contributed by atoms with Crippen LogP contribution in [0.25, 0.3) is 5.69 Å². The third-order valence-corrected chi connectivity index (χ3v) is 4.42. The summed E-state index contributed by atoms with van der Waals surface area (Å²) in [4.78, 5) is 24.5. The number of nitrogens with one attached hydrogen (secondary N) is 1. The summed E-state index contributed by atoms with van der Waals surface area (Å²) < 4.78 is 12.0. The maximum Gasteiger partial charge on any atom is 0.341 e. The van der Waals surface area contributed by atoms with Gasteiger partial charge in [-0.1, -0.05) is 24.3 Å². The van der Waals surface area contributed by atoms with E-state index in [2.05, 4.69) is 10.4 Å². The predicted molar refractivity (Wildman–Crippen MR) is 110 cm³/mol. The van der Waals surface area contributed by atoms with E-state index in [-0.39, 0.29) is 12.3 Å². The molecule has 0 aliphatic carbocycles. The Morgan fingerprint density at radius 2 is 1.93 bits per heavy atom. The number of para-hydroxylation sites is 1. The van der Waals surface area contributed by atoms with Crippen molar-refractivity contribution in [3.05, 3.63) is 71.5 Å². The molecule has 0 saturated carbocycles. The summed E-state index contributed by atoms with van der Waals surface area (Å²) in [6, 6.07) is 14.7. The van der Waals surface area contributed by atoms with Crippen molar-refractivity contribution in [3.63, 3.8) is 0 Å². The van der Waals surface area contributed by atoms with Crippen LogP contribution in [0.5, 0.6) is 5.75 Å². The van der Waals surface area contributed by atoms with Gasteiger partial charge < -0.3 is 14.8 Å². The van der Waals surface area contributed by atoms with Crippen LogP contribution in [-0.2, 0) is 16.0 Å². The van der Waals surface area contributed by atoms with E-state index in [1.165, 1.54) is 6.20 Å². The van der Waals surface area contributed by atoms with Crippen molar-refractivity contribution in [2.24, 2.45) is 0 Å². The van der Waals surface area contributed by atoms with E-state index in [9.17, 15) is 9.59 Å². The van der Waals surface area contributed by atoms with Gasteiger partial charge in [-0.15, -0.1) is 0 Å². The molecule has 1 heterocycles. The molecule has 1 N–H and O–H groups in total. The molecule has 150 valence electrons. The molecule has 0 atom stereocenters. The lowest BCUT2D eigenvalue weighted by molar-refractivity contribution is -0.115. The highest BCUT2D eigenvalue weighted by molar-refractivity contribution is 5.93. The Hall–Kier alpha value is -3.61. The largest absolute Gasteiger partial charge is 0.496 e. The summed E-state index contributed by atoms with van der Waals surface area (Å²) in [6.45, 7) is 3.86. The third kappa shape index (κ3) is 4.63. The standard InChI is InChI=1S/C22H23N3O4/c1-4-29-22(27)19-14-23-25(15(19)2)18-10-7-9-17(13-18)24-21(26)12-16-8-5-6-11-20(16)28-3/h5-11,13-14H,4,12H2,1-3H3,(H,24,26). The van der Waals surface area contributed by atoms with E-state index in [0.717, 1.165) is 11.3 Å². The Kier molecular flexibility index (Phi) is 6.29. The Bertz CT molecular complexity index is 1030. The number of benzene rings is 2. The second kappa shape index (κ2) is 9.05. The molecular weight excluding hydrogens is 370 g/mol. The second-order valence-corrected chi connectivity index (χ2v) is 6.36. The molecule has 1 amide bonds. The second-order valence-electron chi connectivity index (χ2n) is 6.36. The minimum absolute atomic E-state index is 0.156. The zero-order valence-corrected chi connectivity index (χ0v) is 16.6. The Morgan fingerprint density at radius 1 is 1.14 bits per heavy atom. The highest BCUT2D eigenvalue weighted by atomic mass is 16.5. The van der Waals surface area contributed by atoms with Crippen LogP contribution >= 0.6 is 0 Å². The zero-order chi connectivity index (χ0) is 20.8. The molecule has 29 heavy (non-hydrogen) atoms. The molecule has 0 fully saturated rings. The monoisotopic (exact) mass is 393 g/mol. The van der Waals surface area contributed by atoms with Gasteiger partial charge in [-0.25, -0.2) is 9.48 Å². The van der Waals surface area contributed by atoms with E-state index in [0.29, 0.717) is 29.3 Å². The summed E-state index contributed by atoms with van der Waals surface area (Å²) in [5, 5.41) is 7.18.